The van der Waals surface area contributed by atoms with Crippen LogP contribution < -0.4 is 5.32 Å². The van der Waals surface area contributed by atoms with Gasteiger partial charge in [-0.15, -0.1) is 4.52 Å². The van der Waals surface area contributed by atoms with E-state index in [1.54, 1.807) is 24.3 Å². The molecule has 13 heteroatoms. The highest BCUT2D eigenvalue weighted by Gasteiger charge is 2.25. The number of halogens is 2. The summed E-state index contributed by atoms with van der Waals surface area (Å²) in [5.74, 6) is -0.730. The van der Waals surface area contributed by atoms with Crippen molar-refractivity contribution in [2.75, 3.05) is 12.9 Å². The molecule has 0 bridgehead atoms. The third-order valence-corrected chi connectivity index (χ3v) is 8.11. The molecule has 9 nitrogen and oxygen atoms in total. The molecule has 3 aromatic carbocycles. The zero-order valence-corrected chi connectivity index (χ0v) is 24.3. The minimum absolute atomic E-state index is 0.0267. The fraction of sp³-hybridized carbons (Fsp3) is 0.185. The quantitative estimate of drug-likeness (QED) is 0.224. The highest BCUT2D eigenvalue weighted by molar-refractivity contribution is 7.90. The molecule has 0 spiro atoms. The number of phenols is 1. The summed E-state index contributed by atoms with van der Waals surface area (Å²) in [6, 6.07) is 13.8. The van der Waals surface area contributed by atoms with Gasteiger partial charge in [0.2, 0.25) is 0 Å². The lowest BCUT2D eigenvalue weighted by Gasteiger charge is -2.16. The number of amides is 1. The molecule has 3 aromatic rings. The molecule has 0 aliphatic heterocycles. The highest BCUT2D eigenvalue weighted by Crippen LogP contribution is 2.30. The highest BCUT2D eigenvalue weighted by atomic mass is 35.5. The van der Waals surface area contributed by atoms with Gasteiger partial charge in [-0.1, -0.05) is 47.5 Å². The first-order valence-corrected chi connectivity index (χ1v) is 15.6. The number of phenolic OH excluding ortho intramolecular Hbond substituents is 1. The van der Waals surface area contributed by atoms with Crippen LogP contribution in [-0.4, -0.2) is 49.4 Å². The molecule has 0 aliphatic carbocycles. The summed E-state index contributed by atoms with van der Waals surface area (Å²) < 4.78 is 41.1. The Labute approximate surface area is 242 Å². The maximum Gasteiger partial charge on any atom is 0.540 e. The second-order valence-corrected chi connectivity index (χ2v) is 12.7. The molecule has 40 heavy (non-hydrogen) atoms. The minimum atomic E-state index is -3.50. The zero-order chi connectivity index (χ0) is 29.4. The van der Waals surface area contributed by atoms with Gasteiger partial charge in [0.1, 0.15) is 18.4 Å². The lowest BCUT2D eigenvalue weighted by molar-refractivity contribution is -0.139. The van der Waals surface area contributed by atoms with Crippen LogP contribution in [0.4, 0.5) is 0 Å². The predicted molar refractivity (Wildman–Crippen MR) is 153 cm³/mol. The van der Waals surface area contributed by atoms with Crippen molar-refractivity contribution in [1.29, 1.82) is 0 Å². The molecule has 1 unspecified atom stereocenters. The number of carbonyl (C=O) groups is 2. The fourth-order valence-electron chi connectivity index (χ4n) is 3.63. The van der Waals surface area contributed by atoms with Crippen LogP contribution in [0.15, 0.2) is 71.4 Å². The number of sulfone groups is 1. The number of hydrogen-bond acceptors (Lipinski definition) is 7. The van der Waals surface area contributed by atoms with E-state index in [2.05, 4.69) is 5.32 Å². The fourth-order valence-corrected chi connectivity index (χ4v) is 5.65. The van der Waals surface area contributed by atoms with Crippen molar-refractivity contribution in [2.24, 2.45) is 0 Å². The van der Waals surface area contributed by atoms with Gasteiger partial charge < -0.3 is 15.5 Å². The average molecular weight is 625 g/mol. The van der Waals surface area contributed by atoms with Crippen molar-refractivity contribution < 1.29 is 37.3 Å². The van der Waals surface area contributed by atoms with Gasteiger partial charge in [0, 0.05) is 19.1 Å². The normalized spacial score (nSPS) is 12.7. The van der Waals surface area contributed by atoms with Gasteiger partial charge >= 0.3 is 14.0 Å². The van der Waals surface area contributed by atoms with Gasteiger partial charge in [0.05, 0.1) is 20.5 Å². The number of carboxylic acid groups (broad SMARTS) is 1. The van der Waals surface area contributed by atoms with Crippen LogP contribution in [0.2, 0.25) is 10.0 Å². The SMILES string of the molecule is CS(=O)(=O)c1cccc(C[C@H](NC(=O)c2c(Cl)cc(/C=C/[P+](=O)OCCc3cccc(O)c3)cc2Cl)C(=O)O)c1. The largest absolute Gasteiger partial charge is 0.540 e. The van der Waals surface area contributed by atoms with Crippen LogP contribution in [0.3, 0.4) is 0 Å². The van der Waals surface area contributed by atoms with Crippen LogP contribution in [-0.2, 0) is 36.6 Å². The summed E-state index contributed by atoms with van der Waals surface area (Å²) in [6.07, 6.45) is 2.77. The molecule has 1 amide bonds. The molecule has 0 saturated heterocycles. The van der Waals surface area contributed by atoms with Crippen LogP contribution in [0, 0.1) is 0 Å². The average Bonchev–Trinajstić information content (AvgIpc) is 2.86. The molecule has 210 valence electrons. The number of benzene rings is 3. The van der Waals surface area contributed by atoms with E-state index < -0.39 is 35.8 Å². The van der Waals surface area contributed by atoms with Gasteiger partial charge in [0.15, 0.2) is 15.7 Å². The van der Waals surface area contributed by atoms with Crippen molar-refractivity contribution >= 4 is 59.0 Å². The van der Waals surface area contributed by atoms with Crippen molar-refractivity contribution in [2.45, 2.75) is 23.8 Å². The maximum atomic E-state index is 12.9. The van der Waals surface area contributed by atoms with E-state index in [0.29, 0.717) is 17.5 Å². The van der Waals surface area contributed by atoms with E-state index in [1.165, 1.54) is 42.2 Å². The summed E-state index contributed by atoms with van der Waals surface area (Å²) >= 11 is 12.6. The van der Waals surface area contributed by atoms with Gasteiger partial charge in [0.25, 0.3) is 5.91 Å². The van der Waals surface area contributed by atoms with Crippen molar-refractivity contribution in [3.8, 4) is 5.75 Å². The lowest BCUT2D eigenvalue weighted by Crippen LogP contribution is -2.42. The molecule has 0 aliphatic rings. The summed E-state index contributed by atoms with van der Waals surface area (Å²) in [6.45, 7) is 0.160. The molecule has 0 saturated carbocycles. The van der Waals surface area contributed by atoms with E-state index in [0.717, 1.165) is 11.8 Å². The summed E-state index contributed by atoms with van der Waals surface area (Å²) in [7, 11) is -5.66. The molecule has 0 fully saturated rings. The number of carboxylic acids is 1. The lowest BCUT2D eigenvalue weighted by atomic mass is 10.0. The van der Waals surface area contributed by atoms with E-state index in [4.69, 9.17) is 27.7 Å². The Morgan fingerprint density at radius 3 is 2.33 bits per heavy atom. The molecule has 3 N–H and O–H groups in total. The molecule has 0 heterocycles. The number of aromatic hydroxyl groups is 1. The molecule has 0 aromatic heterocycles. The third-order valence-electron chi connectivity index (χ3n) is 5.57. The standard InChI is InChI=1S/C27H24Cl2NO8PS/c1-40(36,37)21-7-3-5-18(13-21)16-24(27(33)34)30-26(32)25-22(28)14-19(15-23(25)29)9-11-39(35)38-10-8-17-4-2-6-20(31)12-17/h2-7,9,11-15,24H,8,10,16H2,1H3,(H2-,30,31,32,33,34)/p+1/b11-9+/t24-/m0/s1. The van der Waals surface area contributed by atoms with Crippen molar-refractivity contribution in [3.05, 3.63) is 98.8 Å². The van der Waals surface area contributed by atoms with Crippen molar-refractivity contribution in [1.82, 2.24) is 5.32 Å². The Kier molecular flexibility index (Phi) is 10.8. The number of hydrogen-bond donors (Lipinski definition) is 3. The second kappa shape index (κ2) is 13.9. The predicted octanol–water partition coefficient (Wildman–Crippen LogP) is 5.50. The molecule has 2 atom stereocenters. The number of aliphatic carboxylic acids is 1. The molecular weight excluding hydrogens is 600 g/mol. The molecular formula is C27H25Cl2NO8PS+. The van der Waals surface area contributed by atoms with E-state index >= 15 is 0 Å². The van der Waals surface area contributed by atoms with Gasteiger partial charge in [-0.05, 0) is 63.7 Å². The summed E-state index contributed by atoms with van der Waals surface area (Å²) in [5.41, 5.74) is 1.50. The summed E-state index contributed by atoms with van der Waals surface area (Å²) in [4.78, 5) is 24.8. The molecule has 3 rings (SSSR count). The van der Waals surface area contributed by atoms with Gasteiger partial charge in [-0.3, -0.25) is 4.79 Å². The van der Waals surface area contributed by atoms with Crippen LogP contribution >= 0.6 is 31.2 Å². The summed E-state index contributed by atoms with van der Waals surface area (Å²) in [5, 5.41) is 21.4. The Bertz CT molecular complexity index is 1550. The molecule has 0 radical (unpaired) electrons. The van der Waals surface area contributed by atoms with E-state index in [9.17, 15) is 32.8 Å². The first-order valence-electron chi connectivity index (χ1n) is 11.7. The monoisotopic (exact) mass is 624 g/mol. The Morgan fingerprint density at radius 2 is 1.70 bits per heavy atom. The Hall–Kier alpha value is -3.27. The second-order valence-electron chi connectivity index (χ2n) is 8.70. The minimum Gasteiger partial charge on any atom is -0.508 e. The van der Waals surface area contributed by atoms with E-state index in [1.807, 2.05) is 6.07 Å². The van der Waals surface area contributed by atoms with Crippen LogP contribution in [0.25, 0.3) is 6.08 Å². The first kappa shape index (κ1) is 31.3. The van der Waals surface area contributed by atoms with Crippen LogP contribution in [0.1, 0.15) is 27.0 Å². The topological polar surface area (TPSA) is 147 Å². The third kappa shape index (κ3) is 9.15. The Balaban J connectivity index is 1.65. The smallest absolute Gasteiger partial charge is 0.508 e. The maximum absolute atomic E-state index is 12.9. The van der Waals surface area contributed by atoms with Gasteiger partial charge in [-0.2, -0.15) is 0 Å². The number of carbonyl (C=O) groups excluding carboxylic acids is 1. The number of nitrogens with one attached hydrogen (secondary N) is 1. The van der Waals surface area contributed by atoms with Crippen molar-refractivity contribution in [3.63, 3.8) is 0 Å². The van der Waals surface area contributed by atoms with E-state index in [-0.39, 0.29) is 39.3 Å². The zero-order valence-electron chi connectivity index (χ0n) is 21.1. The first-order chi connectivity index (χ1) is 18.8. The van der Waals surface area contributed by atoms with Gasteiger partial charge in [-0.25, -0.2) is 13.2 Å². The number of rotatable bonds is 12. The Morgan fingerprint density at radius 1 is 1.05 bits per heavy atom. The van der Waals surface area contributed by atoms with Crippen LogP contribution in [0.5, 0.6) is 5.75 Å².